The molecule has 0 aromatic heterocycles. The first-order valence-corrected chi connectivity index (χ1v) is 11.7. The third-order valence-electron chi connectivity index (χ3n) is 4.45. The van der Waals surface area contributed by atoms with Gasteiger partial charge in [-0.15, -0.1) is 0 Å². The maximum atomic E-state index is 11.5. The highest BCUT2D eigenvalue weighted by molar-refractivity contribution is 5.69. The van der Waals surface area contributed by atoms with Crippen molar-refractivity contribution in [3.8, 4) is 5.75 Å². The van der Waals surface area contributed by atoms with Gasteiger partial charge in [0.1, 0.15) is 11.4 Å². The predicted molar refractivity (Wildman–Crippen MR) is 126 cm³/mol. The van der Waals surface area contributed by atoms with Gasteiger partial charge < -0.3 is 29.4 Å². The Morgan fingerprint density at radius 1 is 0.875 bits per heavy atom. The van der Waals surface area contributed by atoms with Crippen molar-refractivity contribution in [2.45, 2.75) is 71.4 Å². The minimum Gasteiger partial charge on any atom is -0.494 e. The van der Waals surface area contributed by atoms with E-state index in [0.717, 1.165) is 50.2 Å². The van der Waals surface area contributed by atoms with Gasteiger partial charge in [0.25, 0.3) is 0 Å². The Kier molecular flexibility index (Phi) is 15.0. The Labute approximate surface area is 193 Å². The first kappa shape index (κ1) is 28.4. The molecule has 0 fully saturated rings. The van der Waals surface area contributed by atoms with Crippen LogP contribution in [0.3, 0.4) is 0 Å². The molecule has 0 saturated heterocycles. The fourth-order valence-corrected chi connectivity index (χ4v) is 2.83. The highest BCUT2D eigenvalue weighted by Gasteiger charge is 2.15. The zero-order chi connectivity index (χ0) is 23.7. The summed E-state index contributed by atoms with van der Waals surface area (Å²) in [7, 11) is 0. The van der Waals surface area contributed by atoms with Crippen LogP contribution in [0.25, 0.3) is 0 Å². The van der Waals surface area contributed by atoms with E-state index < -0.39 is 5.60 Å². The smallest absolute Gasteiger partial charge is 0.308 e. The number of carbonyl (C=O) groups excluding carboxylic acids is 1. The van der Waals surface area contributed by atoms with Crippen LogP contribution < -0.4 is 10.5 Å². The van der Waals surface area contributed by atoms with Gasteiger partial charge in [-0.05, 0) is 64.7 Å². The highest BCUT2D eigenvalue weighted by atomic mass is 16.6. The summed E-state index contributed by atoms with van der Waals surface area (Å²) in [5.74, 6) is 0.642. The van der Waals surface area contributed by atoms with Crippen LogP contribution in [0.1, 0.15) is 71.4 Å². The first-order chi connectivity index (χ1) is 15.3. The van der Waals surface area contributed by atoms with Crippen LogP contribution in [0, 0.1) is 0 Å². The molecule has 1 atom stereocenters. The molecule has 0 aliphatic heterocycles. The van der Waals surface area contributed by atoms with Crippen LogP contribution in [-0.2, 0) is 23.7 Å². The van der Waals surface area contributed by atoms with Crippen molar-refractivity contribution in [3.63, 3.8) is 0 Å². The van der Waals surface area contributed by atoms with E-state index in [-0.39, 0.29) is 18.4 Å². The predicted octanol–water partition coefficient (Wildman–Crippen LogP) is 4.43. The van der Waals surface area contributed by atoms with Gasteiger partial charge in [0.05, 0.1) is 46.1 Å². The molecule has 0 radical (unpaired) electrons. The van der Waals surface area contributed by atoms with Gasteiger partial charge in [-0.25, -0.2) is 0 Å². The van der Waals surface area contributed by atoms with Gasteiger partial charge in [-0.3, -0.25) is 4.79 Å². The lowest BCUT2D eigenvalue weighted by Gasteiger charge is -2.19. The van der Waals surface area contributed by atoms with Crippen LogP contribution in [0.2, 0.25) is 0 Å². The summed E-state index contributed by atoms with van der Waals surface area (Å²) in [6, 6.07) is 8.00. The quantitative estimate of drug-likeness (QED) is 0.260. The van der Waals surface area contributed by atoms with Gasteiger partial charge in [0.15, 0.2) is 0 Å². The number of esters is 1. The Bertz CT molecular complexity index is 615. The first-order valence-electron chi connectivity index (χ1n) is 11.7. The standard InChI is InChI=1S/C25H43NO6/c1-21(26)22-10-9-11-23(20-22)31-14-8-6-5-7-13-28-16-18-30-19-17-29-15-12-24(27)32-25(2,3)4/h9-11,20-21H,5-8,12-19,26H2,1-4H3/t21-/m1/s1. The molecule has 2 N–H and O–H groups in total. The Hall–Kier alpha value is -1.67. The van der Waals surface area contributed by atoms with E-state index in [1.807, 2.05) is 52.0 Å². The lowest BCUT2D eigenvalue weighted by atomic mass is 10.1. The molecule has 0 amide bonds. The zero-order valence-electron chi connectivity index (χ0n) is 20.4. The molecule has 0 bridgehead atoms. The monoisotopic (exact) mass is 453 g/mol. The normalized spacial score (nSPS) is 12.5. The van der Waals surface area contributed by atoms with Gasteiger partial charge in [-0.1, -0.05) is 18.6 Å². The summed E-state index contributed by atoms with van der Waals surface area (Å²) in [5.41, 5.74) is 6.54. The molecular formula is C25H43NO6. The lowest BCUT2D eigenvalue weighted by Crippen LogP contribution is -2.24. The summed E-state index contributed by atoms with van der Waals surface area (Å²) in [6.07, 6.45) is 4.56. The average Bonchev–Trinajstić information content (AvgIpc) is 2.72. The van der Waals surface area contributed by atoms with Crippen LogP contribution in [0.5, 0.6) is 5.75 Å². The fraction of sp³-hybridized carbons (Fsp3) is 0.720. The molecule has 184 valence electrons. The van der Waals surface area contributed by atoms with Gasteiger partial charge in [0.2, 0.25) is 0 Å². The lowest BCUT2D eigenvalue weighted by molar-refractivity contribution is -0.156. The van der Waals surface area contributed by atoms with E-state index in [2.05, 4.69) is 0 Å². The molecule has 32 heavy (non-hydrogen) atoms. The molecule has 0 aliphatic rings. The highest BCUT2D eigenvalue weighted by Crippen LogP contribution is 2.18. The largest absolute Gasteiger partial charge is 0.494 e. The Morgan fingerprint density at radius 2 is 1.47 bits per heavy atom. The van der Waals surface area contributed by atoms with Gasteiger partial charge in [0, 0.05) is 12.6 Å². The van der Waals surface area contributed by atoms with Crippen molar-refractivity contribution >= 4 is 5.97 Å². The number of hydrogen-bond acceptors (Lipinski definition) is 7. The number of nitrogens with two attached hydrogens (primary N) is 1. The van der Waals surface area contributed by atoms with Crippen LogP contribution >= 0.6 is 0 Å². The van der Waals surface area contributed by atoms with Crippen molar-refractivity contribution < 1.29 is 28.5 Å². The minimum atomic E-state index is -0.453. The van der Waals surface area contributed by atoms with Crippen molar-refractivity contribution in [2.75, 3.05) is 46.2 Å². The molecule has 0 saturated carbocycles. The summed E-state index contributed by atoms with van der Waals surface area (Å²) >= 11 is 0. The number of benzene rings is 1. The van der Waals surface area contributed by atoms with Crippen molar-refractivity contribution in [1.29, 1.82) is 0 Å². The molecule has 7 heteroatoms. The van der Waals surface area contributed by atoms with Crippen molar-refractivity contribution in [1.82, 2.24) is 0 Å². The second kappa shape index (κ2) is 16.9. The van der Waals surface area contributed by atoms with Crippen LogP contribution in [0.4, 0.5) is 0 Å². The average molecular weight is 454 g/mol. The summed E-state index contributed by atoms with van der Waals surface area (Å²) in [4.78, 5) is 11.5. The van der Waals surface area contributed by atoms with Crippen LogP contribution in [-0.4, -0.2) is 57.8 Å². The topological polar surface area (TPSA) is 89.2 Å². The maximum absolute atomic E-state index is 11.5. The molecule has 1 rings (SSSR count). The van der Waals surface area contributed by atoms with E-state index in [1.54, 1.807) is 0 Å². The van der Waals surface area contributed by atoms with Gasteiger partial charge >= 0.3 is 5.97 Å². The molecule has 0 spiro atoms. The van der Waals surface area contributed by atoms with E-state index in [0.29, 0.717) is 33.0 Å². The third-order valence-corrected chi connectivity index (χ3v) is 4.45. The molecule has 0 unspecified atom stereocenters. The Balaban J connectivity index is 1.82. The SMILES string of the molecule is C[C@@H](N)c1cccc(OCCCCCCOCCOCCOCCC(=O)OC(C)(C)C)c1. The number of ether oxygens (including phenoxy) is 5. The van der Waals surface area contributed by atoms with E-state index in [4.69, 9.17) is 29.4 Å². The molecule has 1 aromatic rings. The molecular weight excluding hydrogens is 410 g/mol. The molecule has 0 heterocycles. The second-order valence-corrected chi connectivity index (χ2v) is 8.80. The van der Waals surface area contributed by atoms with E-state index in [1.165, 1.54) is 0 Å². The van der Waals surface area contributed by atoms with Crippen molar-refractivity contribution in [2.24, 2.45) is 5.73 Å². The number of carbonyl (C=O) groups is 1. The third kappa shape index (κ3) is 16.0. The number of hydrogen-bond donors (Lipinski definition) is 1. The maximum Gasteiger partial charge on any atom is 0.308 e. The Morgan fingerprint density at radius 3 is 2.09 bits per heavy atom. The van der Waals surface area contributed by atoms with Crippen molar-refractivity contribution in [3.05, 3.63) is 29.8 Å². The fourth-order valence-electron chi connectivity index (χ4n) is 2.83. The minimum absolute atomic E-state index is 0.0214. The van der Waals surface area contributed by atoms with E-state index in [9.17, 15) is 4.79 Å². The summed E-state index contributed by atoms with van der Waals surface area (Å²) < 4.78 is 27.4. The van der Waals surface area contributed by atoms with Gasteiger partial charge in [-0.2, -0.15) is 0 Å². The summed E-state index contributed by atoms with van der Waals surface area (Å²) in [6.45, 7) is 11.4. The molecule has 7 nitrogen and oxygen atoms in total. The zero-order valence-corrected chi connectivity index (χ0v) is 20.4. The number of rotatable bonds is 18. The molecule has 1 aromatic carbocycles. The van der Waals surface area contributed by atoms with E-state index >= 15 is 0 Å². The van der Waals surface area contributed by atoms with Crippen LogP contribution in [0.15, 0.2) is 24.3 Å². The molecule has 0 aliphatic carbocycles. The summed E-state index contributed by atoms with van der Waals surface area (Å²) in [5, 5.41) is 0. The second-order valence-electron chi connectivity index (χ2n) is 8.80. The number of unbranched alkanes of at least 4 members (excludes halogenated alkanes) is 3.